The van der Waals surface area contributed by atoms with E-state index < -0.39 is 25.9 Å². The quantitative estimate of drug-likeness (QED) is 0.163. The first kappa shape index (κ1) is 29.2. The van der Waals surface area contributed by atoms with Gasteiger partial charge in [0, 0.05) is 33.3 Å². The van der Waals surface area contributed by atoms with E-state index in [1.807, 2.05) is 6.07 Å². The van der Waals surface area contributed by atoms with E-state index in [4.69, 9.17) is 15.7 Å². The first-order chi connectivity index (χ1) is 19.6. The highest BCUT2D eigenvalue weighted by molar-refractivity contribution is 6.76. The molecule has 0 aromatic carbocycles. The molecule has 2 amide bonds. The maximum Gasteiger partial charge on any atom is 0.314 e. The zero-order chi connectivity index (χ0) is 29.6. The van der Waals surface area contributed by atoms with Gasteiger partial charge in [-0.15, -0.1) is 0 Å². The van der Waals surface area contributed by atoms with Crippen molar-refractivity contribution in [2.24, 2.45) is 0 Å². The summed E-state index contributed by atoms with van der Waals surface area (Å²) < 4.78 is 7.44. The summed E-state index contributed by atoms with van der Waals surface area (Å²) in [5, 5.41) is 16.7. The van der Waals surface area contributed by atoms with Gasteiger partial charge in [-0.3, -0.25) is 14.6 Å². The Morgan fingerprint density at radius 2 is 1.90 bits per heavy atom. The number of nitrogen functional groups attached to an aromatic ring is 1. The second-order valence-corrected chi connectivity index (χ2v) is 16.3. The highest BCUT2D eigenvalue weighted by Crippen LogP contribution is 2.27. The maximum atomic E-state index is 13.6. The SMILES string of the molecule is CC(c1ncccn1)N(Cc1ccc(C#N)cn1)C(=O)C(=O)Nc1cnc(N)c2cnn(COCC[Si](C)(C)C)c12. The van der Waals surface area contributed by atoms with Gasteiger partial charge in [-0.2, -0.15) is 10.4 Å². The molecule has 212 valence electrons. The molecule has 4 rings (SSSR count). The van der Waals surface area contributed by atoms with Gasteiger partial charge in [0.25, 0.3) is 0 Å². The third-order valence-corrected chi connectivity index (χ3v) is 8.03. The lowest BCUT2D eigenvalue weighted by Gasteiger charge is -2.27. The molecule has 0 spiro atoms. The van der Waals surface area contributed by atoms with Gasteiger partial charge in [0.05, 0.1) is 52.8 Å². The highest BCUT2D eigenvalue weighted by atomic mass is 28.3. The Bertz CT molecular complexity index is 1560. The van der Waals surface area contributed by atoms with Crippen molar-refractivity contribution in [2.45, 2.75) is 51.9 Å². The molecule has 0 fully saturated rings. The number of nitrogens with two attached hydrogens (primary N) is 1. The van der Waals surface area contributed by atoms with Crippen LogP contribution in [0.3, 0.4) is 0 Å². The van der Waals surface area contributed by atoms with Crippen LogP contribution in [0.15, 0.2) is 49.2 Å². The third kappa shape index (κ3) is 7.27. The van der Waals surface area contributed by atoms with Gasteiger partial charge in [0.2, 0.25) is 0 Å². The molecule has 0 aliphatic heterocycles. The van der Waals surface area contributed by atoms with E-state index in [0.29, 0.717) is 34.6 Å². The fraction of sp³-hybridized carbons (Fsp3) is 0.333. The van der Waals surface area contributed by atoms with Crippen LogP contribution in [0.2, 0.25) is 25.7 Å². The molecular weight excluding hydrogens is 540 g/mol. The molecule has 14 heteroatoms. The lowest BCUT2D eigenvalue weighted by Crippen LogP contribution is -2.41. The van der Waals surface area contributed by atoms with Gasteiger partial charge in [-0.1, -0.05) is 19.6 Å². The number of ether oxygens (including phenoxy) is 1. The fourth-order valence-electron chi connectivity index (χ4n) is 3.96. The molecule has 4 heterocycles. The molecular formula is C27H32N10O3Si. The molecule has 1 atom stereocenters. The average Bonchev–Trinajstić information content (AvgIpc) is 3.40. The van der Waals surface area contributed by atoms with Crippen molar-refractivity contribution in [3.8, 4) is 6.07 Å². The summed E-state index contributed by atoms with van der Waals surface area (Å²) in [5.74, 6) is -1.14. The molecule has 0 saturated heterocycles. The minimum absolute atomic E-state index is 0.0182. The second kappa shape index (κ2) is 12.6. The predicted octanol–water partition coefficient (Wildman–Crippen LogP) is 3.11. The van der Waals surface area contributed by atoms with Crippen LogP contribution in [0, 0.1) is 11.3 Å². The van der Waals surface area contributed by atoms with E-state index in [0.717, 1.165) is 6.04 Å². The largest absolute Gasteiger partial charge is 0.383 e. The standard InChI is InChI=1S/C27H32N10O3Si/c1-18(25-30-8-5-9-31-25)36(16-20-7-6-19(12-28)13-32-20)27(39)26(38)35-22-15-33-24(29)21-14-34-37(23(21)22)17-40-10-11-41(2,3)4/h5-9,13-15,18H,10-11,16-17H2,1-4H3,(H2,29,33)(H,35,38). The van der Waals surface area contributed by atoms with Crippen molar-refractivity contribution >= 4 is 42.3 Å². The summed E-state index contributed by atoms with van der Waals surface area (Å²) in [6.07, 6.45) is 7.47. The molecule has 4 aromatic rings. The second-order valence-electron chi connectivity index (χ2n) is 10.6. The van der Waals surface area contributed by atoms with Crippen molar-refractivity contribution in [2.75, 3.05) is 17.7 Å². The van der Waals surface area contributed by atoms with Crippen LogP contribution >= 0.6 is 0 Å². The fourth-order valence-corrected chi connectivity index (χ4v) is 4.71. The maximum absolute atomic E-state index is 13.6. The first-order valence-electron chi connectivity index (χ1n) is 13.0. The molecule has 13 nitrogen and oxygen atoms in total. The van der Waals surface area contributed by atoms with E-state index in [2.05, 4.69) is 50.0 Å². The zero-order valence-corrected chi connectivity index (χ0v) is 24.4. The minimum Gasteiger partial charge on any atom is -0.383 e. The number of hydrogen-bond donors (Lipinski definition) is 2. The Balaban J connectivity index is 1.59. The lowest BCUT2D eigenvalue weighted by atomic mass is 10.2. The van der Waals surface area contributed by atoms with E-state index in [1.165, 1.54) is 17.3 Å². The molecule has 0 aliphatic carbocycles. The van der Waals surface area contributed by atoms with Crippen molar-refractivity contribution in [1.29, 1.82) is 5.26 Å². The topological polar surface area (TPSA) is 178 Å². The molecule has 1 unspecified atom stereocenters. The van der Waals surface area contributed by atoms with Gasteiger partial charge in [-0.25, -0.2) is 19.6 Å². The minimum atomic E-state index is -1.28. The van der Waals surface area contributed by atoms with Crippen LogP contribution < -0.4 is 11.1 Å². The number of hydrogen-bond acceptors (Lipinski definition) is 10. The summed E-state index contributed by atoms with van der Waals surface area (Å²) in [6.45, 7) is 9.23. The Morgan fingerprint density at radius 3 is 2.56 bits per heavy atom. The number of rotatable bonds is 10. The number of nitriles is 1. The highest BCUT2D eigenvalue weighted by Gasteiger charge is 2.30. The molecule has 3 N–H and O–H groups in total. The number of carbonyl (C=O) groups is 2. The summed E-state index contributed by atoms with van der Waals surface area (Å²) in [6, 6.07) is 7.22. The van der Waals surface area contributed by atoms with E-state index in [9.17, 15) is 9.59 Å². The van der Waals surface area contributed by atoms with Crippen molar-refractivity contribution < 1.29 is 14.3 Å². The van der Waals surface area contributed by atoms with Crippen LogP contribution in [-0.2, 0) is 27.6 Å². The van der Waals surface area contributed by atoms with Crippen LogP contribution in [0.4, 0.5) is 11.5 Å². The lowest BCUT2D eigenvalue weighted by molar-refractivity contribution is -0.145. The number of nitrogens with one attached hydrogen (secondary N) is 1. The van der Waals surface area contributed by atoms with E-state index in [1.54, 1.807) is 48.4 Å². The Hall–Kier alpha value is -4.74. The zero-order valence-electron chi connectivity index (χ0n) is 23.4. The van der Waals surface area contributed by atoms with Gasteiger partial charge >= 0.3 is 11.8 Å². The summed E-state index contributed by atoms with van der Waals surface area (Å²) in [7, 11) is -1.28. The smallest absolute Gasteiger partial charge is 0.314 e. The van der Waals surface area contributed by atoms with Crippen LogP contribution in [0.25, 0.3) is 10.9 Å². The normalized spacial score (nSPS) is 12.1. The molecule has 0 aliphatic rings. The Morgan fingerprint density at radius 1 is 1.15 bits per heavy atom. The number of anilines is 2. The number of nitrogens with zero attached hydrogens (tertiary/aromatic N) is 8. The predicted molar refractivity (Wildman–Crippen MR) is 155 cm³/mol. The van der Waals surface area contributed by atoms with Crippen molar-refractivity contribution in [3.05, 3.63) is 66.3 Å². The third-order valence-electron chi connectivity index (χ3n) is 6.33. The number of amides is 2. The monoisotopic (exact) mass is 572 g/mol. The summed E-state index contributed by atoms with van der Waals surface area (Å²) in [5.41, 5.74) is 7.69. The van der Waals surface area contributed by atoms with Crippen LogP contribution in [-0.4, -0.2) is 61.1 Å². The van der Waals surface area contributed by atoms with Gasteiger partial charge in [-0.05, 0) is 31.2 Å². The van der Waals surface area contributed by atoms with E-state index in [-0.39, 0.29) is 24.8 Å². The number of aromatic nitrogens is 6. The van der Waals surface area contributed by atoms with Crippen LogP contribution in [0.1, 0.15) is 30.0 Å². The molecule has 0 bridgehead atoms. The first-order valence-corrected chi connectivity index (χ1v) is 16.7. The molecule has 0 radical (unpaired) electrons. The van der Waals surface area contributed by atoms with E-state index >= 15 is 0 Å². The summed E-state index contributed by atoms with van der Waals surface area (Å²) in [4.78, 5) is 45.3. The number of carbonyl (C=O) groups excluding carboxylic acids is 2. The van der Waals surface area contributed by atoms with Gasteiger partial charge < -0.3 is 20.7 Å². The van der Waals surface area contributed by atoms with Gasteiger partial charge in [0.1, 0.15) is 24.4 Å². The number of fused-ring (bicyclic) bond motifs is 1. The average molecular weight is 573 g/mol. The molecule has 41 heavy (non-hydrogen) atoms. The van der Waals surface area contributed by atoms with Crippen molar-refractivity contribution in [1.82, 2.24) is 34.6 Å². The van der Waals surface area contributed by atoms with Gasteiger partial charge in [0.15, 0.2) is 0 Å². The number of pyridine rings is 2. The molecule has 0 saturated carbocycles. The van der Waals surface area contributed by atoms with Crippen LogP contribution in [0.5, 0.6) is 0 Å². The Labute approximate surface area is 238 Å². The van der Waals surface area contributed by atoms with Crippen molar-refractivity contribution in [3.63, 3.8) is 0 Å². The Kier molecular flexibility index (Phi) is 9.00. The molecule has 4 aromatic heterocycles. The summed E-state index contributed by atoms with van der Waals surface area (Å²) >= 11 is 0.